The zero-order valence-electron chi connectivity index (χ0n) is 9.73. The van der Waals surface area contributed by atoms with Crippen molar-refractivity contribution in [3.63, 3.8) is 0 Å². The highest BCUT2D eigenvalue weighted by atomic mass is 79.9. The summed E-state index contributed by atoms with van der Waals surface area (Å²) in [7, 11) is 0. The summed E-state index contributed by atoms with van der Waals surface area (Å²) >= 11 is 3.50. The van der Waals surface area contributed by atoms with Crippen LogP contribution in [-0.4, -0.2) is 21.3 Å². The molecule has 1 aromatic heterocycles. The van der Waals surface area contributed by atoms with Crippen LogP contribution < -0.4 is 5.32 Å². The van der Waals surface area contributed by atoms with Gasteiger partial charge < -0.3 is 5.32 Å². The molecule has 1 heterocycles. The van der Waals surface area contributed by atoms with Crippen molar-refractivity contribution in [3.05, 3.63) is 40.9 Å². The lowest BCUT2D eigenvalue weighted by Crippen LogP contribution is -2.15. The number of aromatic nitrogens is 3. The number of rotatable bonds is 5. The summed E-state index contributed by atoms with van der Waals surface area (Å²) in [5.41, 5.74) is 2.27. The molecule has 0 aliphatic carbocycles. The van der Waals surface area contributed by atoms with Gasteiger partial charge in [0, 0.05) is 11.0 Å². The van der Waals surface area contributed by atoms with E-state index in [1.165, 1.54) is 5.56 Å². The minimum atomic E-state index is 0.836. The Labute approximate surface area is 109 Å². The van der Waals surface area contributed by atoms with Gasteiger partial charge in [0.25, 0.3) is 0 Å². The molecule has 1 N–H and O–H groups in total. The van der Waals surface area contributed by atoms with E-state index in [-0.39, 0.29) is 0 Å². The van der Waals surface area contributed by atoms with E-state index in [0.29, 0.717) is 0 Å². The SMILES string of the molecule is CCCNCc1cc(Br)ccc1-n1cncn1. The monoisotopic (exact) mass is 294 g/mol. The third kappa shape index (κ3) is 3.14. The molecule has 0 bridgehead atoms. The summed E-state index contributed by atoms with van der Waals surface area (Å²) in [6, 6.07) is 6.17. The van der Waals surface area contributed by atoms with Crippen molar-refractivity contribution in [2.24, 2.45) is 0 Å². The maximum absolute atomic E-state index is 4.17. The number of hydrogen-bond donors (Lipinski definition) is 1. The molecular formula is C12H15BrN4. The third-order valence-corrected chi connectivity index (χ3v) is 2.94. The normalized spacial score (nSPS) is 10.7. The quantitative estimate of drug-likeness (QED) is 0.862. The van der Waals surface area contributed by atoms with Crippen LogP contribution >= 0.6 is 15.9 Å². The molecule has 90 valence electrons. The summed E-state index contributed by atoms with van der Waals surface area (Å²) in [5.74, 6) is 0. The number of halogens is 1. The maximum Gasteiger partial charge on any atom is 0.138 e. The average Bonchev–Trinajstić information content (AvgIpc) is 2.83. The standard InChI is InChI=1S/C12H15BrN4/c1-2-5-14-7-10-6-11(13)3-4-12(10)17-9-15-8-16-17/h3-4,6,8-9,14H,2,5,7H2,1H3. The fraction of sp³-hybridized carbons (Fsp3) is 0.333. The van der Waals surface area contributed by atoms with Crippen molar-refractivity contribution >= 4 is 15.9 Å². The summed E-state index contributed by atoms with van der Waals surface area (Å²) in [6.07, 6.45) is 4.39. The molecule has 0 aliphatic heterocycles. The van der Waals surface area contributed by atoms with Crippen molar-refractivity contribution < 1.29 is 0 Å². The highest BCUT2D eigenvalue weighted by molar-refractivity contribution is 9.10. The molecule has 5 heteroatoms. The Kier molecular flexibility index (Phi) is 4.28. The van der Waals surface area contributed by atoms with Gasteiger partial charge in [-0.1, -0.05) is 22.9 Å². The highest BCUT2D eigenvalue weighted by Gasteiger charge is 2.05. The van der Waals surface area contributed by atoms with Crippen molar-refractivity contribution in [3.8, 4) is 5.69 Å². The Morgan fingerprint density at radius 2 is 2.29 bits per heavy atom. The molecule has 0 saturated heterocycles. The van der Waals surface area contributed by atoms with Crippen LogP contribution in [0.5, 0.6) is 0 Å². The van der Waals surface area contributed by atoms with E-state index < -0.39 is 0 Å². The number of nitrogens with one attached hydrogen (secondary N) is 1. The second-order valence-electron chi connectivity index (χ2n) is 3.79. The van der Waals surface area contributed by atoms with Crippen LogP contribution in [0.2, 0.25) is 0 Å². The maximum atomic E-state index is 4.17. The van der Waals surface area contributed by atoms with Gasteiger partial charge in [-0.3, -0.25) is 0 Å². The molecule has 0 aliphatic rings. The molecule has 0 radical (unpaired) electrons. The van der Waals surface area contributed by atoms with Crippen LogP contribution in [0.15, 0.2) is 35.3 Å². The lowest BCUT2D eigenvalue weighted by atomic mass is 10.2. The third-order valence-electron chi connectivity index (χ3n) is 2.45. The van der Waals surface area contributed by atoms with Gasteiger partial charge in [0.2, 0.25) is 0 Å². The number of nitrogens with zero attached hydrogens (tertiary/aromatic N) is 3. The van der Waals surface area contributed by atoms with Crippen LogP contribution in [0.3, 0.4) is 0 Å². The lowest BCUT2D eigenvalue weighted by Gasteiger charge is -2.10. The Hall–Kier alpha value is -1.20. The van der Waals surface area contributed by atoms with Gasteiger partial charge in [-0.05, 0) is 36.7 Å². The molecule has 0 atom stereocenters. The van der Waals surface area contributed by atoms with Gasteiger partial charge >= 0.3 is 0 Å². The second kappa shape index (κ2) is 5.93. The largest absolute Gasteiger partial charge is 0.313 e. The lowest BCUT2D eigenvalue weighted by molar-refractivity contribution is 0.670. The van der Waals surface area contributed by atoms with Crippen LogP contribution in [0.4, 0.5) is 0 Å². The minimum absolute atomic E-state index is 0.836. The van der Waals surface area contributed by atoms with Crippen LogP contribution in [0.25, 0.3) is 5.69 Å². The van der Waals surface area contributed by atoms with Gasteiger partial charge in [-0.25, -0.2) is 9.67 Å². The second-order valence-corrected chi connectivity index (χ2v) is 4.71. The highest BCUT2D eigenvalue weighted by Crippen LogP contribution is 2.19. The predicted molar refractivity (Wildman–Crippen MR) is 71.1 cm³/mol. The molecule has 17 heavy (non-hydrogen) atoms. The van der Waals surface area contributed by atoms with Crippen LogP contribution in [-0.2, 0) is 6.54 Å². The average molecular weight is 295 g/mol. The number of benzene rings is 1. The van der Waals surface area contributed by atoms with E-state index in [1.54, 1.807) is 17.3 Å². The molecule has 2 rings (SSSR count). The first kappa shape index (κ1) is 12.3. The first-order valence-electron chi connectivity index (χ1n) is 5.65. The van der Waals surface area contributed by atoms with Gasteiger partial charge in [0.15, 0.2) is 0 Å². The summed E-state index contributed by atoms with van der Waals surface area (Å²) < 4.78 is 2.87. The van der Waals surface area contributed by atoms with Gasteiger partial charge in [0.05, 0.1) is 5.69 Å². The topological polar surface area (TPSA) is 42.7 Å². The van der Waals surface area contributed by atoms with Crippen LogP contribution in [0, 0.1) is 0 Å². The molecular weight excluding hydrogens is 280 g/mol. The van der Waals surface area contributed by atoms with E-state index in [2.05, 4.69) is 44.3 Å². The van der Waals surface area contributed by atoms with Crippen molar-refractivity contribution in [1.82, 2.24) is 20.1 Å². The molecule has 1 aromatic carbocycles. The molecule has 0 saturated carbocycles. The molecule has 0 unspecified atom stereocenters. The van der Waals surface area contributed by atoms with E-state index in [4.69, 9.17) is 0 Å². The Morgan fingerprint density at radius 3 is 3.00 bits per heavy atom. The molecule has 4 nitrogen and oxygen atoms in total. The molecule has 2 aromatic rings. The van der Waals surface area contributed by atoms with E-state index in [9.17, 15) is 0 Å². The first-order valence-corrected chi connectivity index (χ1v) is 6.44. The van der Waals surface area contributed by atoms with Gasteiger partial charge in [-0.2, -0.15) is 5.10 Å². The zero-order valence-corrected chi connectivity index (χ0v) is 11.3. The van der Waals surface area contributed by atoms with Crippen LogP contribution in [0.1, 0.15) is 18.9 Å². The summed E-state index contributed by atoms with van der Waals surface area (Å²) in [5, 5.41) is 7.57. The fourth-order valence-electron chi connectivity index (χ4n) is 1.65. The Bertz CT molecular complexity index is 467. The summed E-state index contributed by atoms with van der Waals surface area (Å²) in [6.45, 7) is 4.01. The van der Waals surface area contributed by atoms with E-state index in [1.807, 2.05) is 12.1 Å². The smallest absolute Gasteiger partial charge is 0.138 e. The van der Waals surface area contributed by atoms with Gasteiger partial charge in [-0.15, -0.1) is 0 Å². The van der Waals surface area contributed by atoms with E-state index in [0.717, 1.165) is 29.7 Å². The molecule has 0 amide bonds. The first-order chi connectivity index (χ1) is 8.31. The van der Waals surface area contributed by atoms with Gasteiger partial charge in [0.1, 0.15) is 12.7 Å². The number of hydrogen-bond acceptors (Lipinski definition) is 3. The van der Waals surface area contributed by atoms with E-state index >= 15 is 0 Å². The Balaban J connectivity index is 2.25. The predicted octanol–water partition coefficient (Wildman–Crippen LogP) is 2.53. The molecule has 0 spiro atoms. The van der Waals surface area contributed by atoms with Crippen molar-refractivity contribution in [2.45, 2.75) is 19.9 Å². The molecule has 0 fully saturated rings. The summed E-state index contributed by atoms with van der Waals surface area (Å²) in [4.78, 5) is 3.98. The fourth-order valence-corrected chi connectivity index (χ4v) is 2.06. The zero-order chi connectivity index (χ0) is 12.1. The van der Waals surface area contributed by atoms with Crippen molar-refractivity contribution in [1.29, 1.82) is 0 Å². The Morgan fingerprint density at radius 1 is 1.41 bits per heavy atom. The van der Waals surface area contributed by atoms with Crippen molar-refractivity contribution in [2.75, 3.05) is 6.54 Å². The minimum Gasteiger partial charge on any atom is -0.313 e.